The summed E-state index contributed by atoms with van der Waals surface area (Å²) in [6.07, 6.45) is -4.72. The van der Waals surface area contributed by atoms with E-state index in [4.69, 9.17) is 11.6 Å². The van der Waals surface area contributed by atoms with Crippen LogP contribution in [0.5, 0.6) is 0 Å². The van der Waals surface area contributed by atoms with Crippen molar-refractivity contribution in [3.05, 3.63) is 57.0 Å². The summed E-state index contributed by atoms with van der Waals surface area (Å²) in [4.78, 5) is 26.3. The molecule has 2 N–H and O–H groups in total. The number of hydrogen-bond acceptors (Lipinski definition) is 5. The molecule has 0 aliphatic carbocycles. The molecule has 1 saturated heterocycles. The summed E-state index contributed by atoms with van der Waals surface area (Å²) in [5, 5.41) is 15.9. The van der Waals surface area contributed by atoms with Crippen LogP contribution in [0.25, 0.3) is 0 Å². The third-order valence-electron chi connectivity index (χ3n) is 4.17. The van der Waals surface area contributed by atoms with E-state index < -0.39 is 36.0 Å². The Morgan fingerprint density at radius 2 is 2.00 bits per heavy atom. The van der Waals surface area contributed by atoms with E-state index in [1.54, 1.807) is 0 Å². The molecule has 0 spiro atoms. The van der Waals surface area contributed by atoms with Crippen LogP contribution in [0.15, 0.2) is 35.3 Å². The highest BCUT2D eigenvalue weighted by Crippen LogP contribution is 2.33. The first-order valence-electron chi connectivity index (χ1n) is 7.79. The number of aliphatic hydroxyl groups is 1. The van der Waals surface area contributed by atoms with Crippen LogP contribution < -0.4 is 10.5 Å². The Hall–Kier alpha value is -2.59. The van der Waals surface area contributed by atoms with E-state index >= 15 is 0 Å². The molecule has 2 heterocycles. The smallest absolute Gasteiger partial charge is 0.372 e. The molecule has 27 heavy (non-hydrogen) atoms. The van der Waals surface area contributed by atoms with Crippen molar-refractivity contribution >= 4 is 23.2 Å². The Balaban J connectivity index is 1.83. The molecular weight excluding hydrogens is 389 g/mol. The number of aromatic amines is 1. The van der Waals surface area contributed by atoms with Crippen molar-refractivity contribution in [1.29, 1.82) is 0 Å². The van der Waals surface area contributed by atoms with Crippen LogP contribution in [0.4, 0.5) is 18.9 Å². The van der Waals surface area contributed by atoms with Crippen LogP contribution >= 0.6 is 11.6 Å². The quantitative estimate of drug-likeness (QED) is 0.814. The number of piperazine rings is 1. The van der Waals surface area contributed by atoms with Crippen LogP contribution in [0.3, 0.4) is 0 Å². The van der Waals surface area contributed by atoms with Gasteiger partial charge < -0.3 is 14.9 Å². The van der Waals surface area contributed by atoms with Gasteiger partial charge >= 0.3 is 6.18 Å². The van der Waals surface area contributed by atoms with Gasteiger partial charge in [0, 0.05) is 6.54 Å². The minimum absolute atomic E-state index is 0.123. The van der Waals surface area contributed by atoms with Crippen molar-refractivity contribution in [1.82, 2.24) is 15.1 Å². The largest absolute Gasteiger partial charge is 0.416 e. The van der Waals surface area contributed by atoms with Crippen LogP contribution in [-0.4, -0.2) is 45.4 Å². The second-order valence-electron chi connectivity index (χ2n) is 5.94. The molecule has 1 amide bonds. The average Bonchev–Trinajstić information content (AvgIpc) is 2.60. The van der Waals surface area contributed by atoms with Gasteiger partial charge in [0.15, 0.2) is 0 Å². The number of carbonyl (C=O) groups is 1. The highest BCUT2D eigenvalue weighted by molar-refractivity contribution is 6.33. The molecule has 1 atom stereocenters. The van der Waals surface area contributed by atoms with E-state index in [0.717, 1.165) is 11.0 Å². The molecule has 2 aromatic rings. The Labute approximate surface area is 156 Å². The number of nitrogens with zero attached hydrogens (tertiary/aromatic N) is 3. The maximum atomic E-state index is 13.1. The molecule has 0 radical (unpaired) electrons. The molecule has 1 aliphatic heterocycles. The summed E-state index contributed by atoms with van der Waals surface area (Å²) in [6.45, 7) is -0.800. The summed E-state index contributed by atoms with van der Waals surface area (Å²) in [5.41, 5.74) is -1.49. The number of H-pyrrole nitrogens is 1. The molecule has 1 aromatic carbocycles. The first-order chi connectivity index (χ1) is 12.7. The summed E-state index contributed by atoms with van der Waals surface area (Å²) >= 11 is 5.90. The van der Waals surface area contributed by atoms with E-state index in [1.807, 2.05) is 0 Å². The summed E-state index contributed by atoms with van der Waals surface area (Å²) < 4.78 is 39.4. The number of aliphatic hydroxyl groups excluding tert-OH is 1. The zero-order valence-electron chi connectivity index (χ0n) is 13.7. The highest BCUT2D eigenvalue weighted by Gasteiger charge is 2.36. The van der Waals surface area contributed by atoms with E-state index in [9.17, 15) is 27.9 Å². The fourth-order valence-electron chi connectivity index (χ4n) is 2.87. The van der Waals surface area contributed by atoms with Crippen molar-refractivity contribution < 1.29 is 23.1 Å². The van der Waals surface area contributed by atoms with Gasteiger partial charge in [0.1, 0.15) is 11.3 Å². The number of aromatic nitrogens is 2. The van der Waals surface area contributed by atoms with E-state index in [0.29, 0.717) is 0 Å². The first-order valence-corrected chi connectivity index (χ1v) is 8.17. The summed E-state index contributed by atoms with van der Waals surface area (Å²) in [5.74, 6) is -0.609. The number of benzene rings is 1. The maximum Gasteiger partial charge on any atom is 0.416 e. The Kier molecular flexibility index (Phi) is 5.11. The fraction of sp³-hybridized carbons (Fsp3) is 0.312. The summed E-state index contributed by atoms with van der Waals surface area (Å²) in [7, 11) is 0. The first kappa shape index (κ1) is 19.2. The number of alkyl halides is 3. The van der Waals surface area contributed by atoms with Crippen molar-refractivity contribution in [2.24, 2.45) is 0 Å². The number of anilines is 1. The second kappa shape index (κ2) is 7.20. The lowest BCUT2D eigenvalue weighted by Gasteiger charge is -2.39. The lowest BCUT2D eigenvalue weighted by molar-refractivity contribution is -0.146. The van der Waals surface area contributed by atoms with E-state index in [2.05, 4.69) is 10.2 Å². The average molecular weight is 403 g/mol. The monoisotopic (exact) mass is 402 g/mol. The van der Waals surface area contributed by atoms with Crippen LogP contribution in [0, 0.1) is 0 Å². The second-order valence-corrected chi connectivity index (χ2v) is 6.31. The van der Waals surface area contributed by atoms with Gasteiger partial charge in [-0.05, 0) is 11.6 Å². The highest BCUT2D eigenvalue weighted by atomic mass is 35.5. The van der Waals surface area contributed by atoms with E-state index in [1.165, 1.54) is 29.3 Å². The number of carbonyl (C=O) groups excluding carboxylic acids is 1. The molecule has 0 bridgehead atoms. The van der Waals surface area contributed by atoms with Crippen molar-refractivity contribution in [2.75, 3.05) is 18.0 Å². The Morgan fingerprint density at radius 3 is 2.67 bits per heavy atom. The van der Waals surface area contributed by atoms with Crippen molar-refractivity contribution in [2.45, 2.75) is 18.9 Å². The lowest BCUT2D eigenvalue weighted by atomic mass is 10.1. The topological polar surface area (TPSA) is 89.5 Å². The standard InChI is InChI=1S/C16H14ClF3N4O3/c17-14-11(5-21-22-15(14)27)23-7-12(25)24(13(26)8-23)6-9-3-1-2-4-10(9)16(18,19)20/h1-5,12,25H,6-8H2,(H,22,27). The zero-order valence-corrected chi connectivity index (χ0v) is 14.5. The third kappa shape index (κ3) is 3.91. The summed E-state index contributed by atoms with van der Waals surface area (Å²) in [6, 6.07) is 4.86. The number of rotatable bonds is 3. The molecule has 11 heteroatoms. The Bertz CT molecular complexity index is 918. The van der Waals surface area contributed by atoms with Crippen molar-refractivity contribution in [3.63, 3.8) is 0 Å². The number of halogens is 4. The predicted octanol–water partition coefficient (Wildman–Crippen LogP) is 1.61. The van der Waals surface area contributed by atoms with Gasteiger partial charge in [-0.25, -0.2) is 5.10 Å². The zero-order chi connectivity index (χ0) is 19.8. The van der Waals surface area contributed by atoms with Crippen LogP contribution in [0.1, 0.15) is 11.1 Å². The van der Waals surface area contributed by atoms with Gasteiger partial charge in [0.05, 0.1) is 30.5 Å². The third-order valence-corrected chi connectivity index (χ3v) is 4.54. The van der Waals surface area contributed by atoms with Crippen LogP contribution in [-0.2, 0) is 17.5 Å². The number of β-amino-alcohol motifs (C(OH)–C–C–N with tert-alkyl or cyclic N) is 1. The van der Waals surface area contributed by atoms with E-state index in [-0.39, 0.29) is 29.4 Å². The minimum Gasteiger partial charge on any atom is -0.372 e. The van der Waals surface area contributed by atoms with Gasteiger partial charge in [-0.2, -0.15) is 18.3 Å². The molecule has 144 valence electrons. The van der Waals surface area contributed by atoms with Crippen LogP contribution in [0.2, 0.25) is 5.02 Å². The molecule has 1 unspecified atom stereocenters. The van der Waals surface area contributed by atoms with Gasteiger partial charge in [-0.1, -0.05) is 29.8 Å². The van der Waals surface area contributed by atoms with Crippen molar-refractivity contribution in [3.8, 4) is 0 Å². The molecule has 1 aromatic heterocycles. The molecular formula is C16H14ClF3N4O3. The minimum atomic E-state index is -4.57. The molecule has 7 nitrogen and oxygen atoms in total. The van der Waals surface area contributed by atoms with Gasteiger partial charge in [-0.15, -0.1) is 0 Å². The molecule has 1 fully saturated rings. The van der Waals surface area contributed by atoms with Gasteiger partial charge in [0.2, 0.25) is 5.91 Å². The fourth-order valence-corrected chi connectivity index (χ4v) is 3.08. The van der Waals surface area contributed by atoms with Gasteiger partial charge in [-0.3, -0.25) is 9.59 Å². The molecule has 3 rings (SSSR count). The van der Waals surface area contributed by atoms with Gasteiger partial charge in [0.25, 0.3) is 5.56 Å². The molecule has 0 saturated carbocycles. The normalized spacial score (nSPS) is 18.1. The molecule has 1 aliphatic rings. The maximum absolute atomic E-state index is 13.1. The number of amides is 1. The number of nitrogens with one attached hydrogen (secondary N) is 1. The SMILES string of the molecule is O=C1CN(c2cn[nH]c(=O)c2Cl)CC(O)N1Cc1ccccc1C(F)(F)F. The lowest BCUT2D eigenvalue weighted by Crippen LogP contribution is -2.56. The Morgan fingerprint density at radius 1 is 1.30 bits per heavy atom. The number of hydrogen-bond donors (Lipinski definition) is 2. The predicted molar refractivity (Wildman–Crippen MR) is 90.1 cm³/mol.